The van der Waals surface area contributed by atoms with Crippen molar-refractivity contribution in [3.63, 3.8) is 0 Å². The molecule has 0 N–H and O–H groups in total. The molecule has 19 heavy (non-hydrogen) atoms. The van der Waals surface area contributed by atoms with Crippen LogP contribution in [0.5, 0.6) is 5.75 Å². The molecular formula is C17H23ClO. The molecule has 0 bridgehead atoms. The minimum absolute atomic E-state index is 0.109. The van der Waals surface area contributed by atoms with E-state index in [0.29, 0.717) is 16.7 Å². The molecule has 0 aromatic heterocycles. The molecule has 2 heteroatoms. The quantitative estimate of drug-likeness (QED) is 0.694. The Morgan fingerprint density at radius 1 is 1.21 bits per heavy atom. The summed E-state index contributed by atoms with van der Waals surface area (Å²) in [6.45, 7) is 10.2. The van der Waals surface area contributed by atoms with Crippen LogP contribution >= 0.6 is 11.6 Å². The summed E-state index contributed by atoms with van der Waals surface area (Å²) >= 11 is 6.77. The number of rotatable bonds is 2. The Hall–Kier alpha value is -0.690. The summed E-state index contributed by atoms with van der Waals surface area (Å²) in [5, 5.41) is 0.109. The van der Waals surface area contributed by atoms with E-state index in [9.17, 15) is 0 Å². The topological polar surface area (TPSA) is 9.23 Å². The SMILES string of the molecule is CC1(C)C(C(Cl)c2ccc3c(c2)CCCO3)C1(C)C. The molecule has 1 atom stereocenters. The highest BCUT2D eigenvalue weighted by Crippen LogP contribution is 2.73. The summed E-state index contributed by atoms with van der Waals surface area (Å²) in [6, 6.07) is 6.50. The average molecular weight is 279 g/mol. The Morgan fingerprint density at radius 2 is 1.89 bits per heavy atom. The van der Waals surface area contributed by atoms with Gasteiger partial charge in [-0.15, -0.1) is 11.6 Å². The largest absolute Gasteiger partial charge is 0.493 e. The number of alkyl halides is 1. The lowest BCUT2D eigenvalue weighted by Gasteiger charge is -2.20. The highest BCUT2D eigenvalue weighted by atomic mass is 35.5. The van der Waals surface area contributed by atoms with Crippen LogP contribution in [-0.4, -0.2) is 6.61 Å². The van der Waals surface area contributed by atoms with Gasteiger partial charge in [-0.3, -0.25) is 0 Å². The van der Waals surface area contributed by atoms with Crippen LogP contribution in [0.4, 0.5) is 0 Å². The summed E-state index contributed by atoms with van der Waals surface area (Å²) in [4.78, 5) is 0. The van der Waals surface area contributed by atoms with Crippen LogP contribution in [0.2, 0.25) is 0 Å². The molecule has 1 fully saturated rings. The van der Waals surface area contributed by atoms with Crippen LogP contribution in [0.25, 0.3) is 0 Å². The van der Waals surface area contributed by atoms with Gasteiger partial charge in [-0.25, -0.2) is 0 Å². The van der Waals surface area contributed by atoms with Gasteiger partial charge in [-0.1, -0.05) is 39.8 Å². The second-order valence-electron chi connectivity index (χ2n) is 7.14. The van der Waals surface area contributed by atoms with Crippen molar-refractivity contribution in [2.24, 2.45) is 16.7 Å². The fourth-order valence-electron chi connectivity index (χ4n) is 3.72. The van der Waals surface area contributed by atoms with Gasteiger partial charge < -0.3 is 4.74 Å². The van der Waals surface area contributed by atoms with Gasteiger partial charge in [0.05, 0.1) is 12.0 Å². The smallest absolute Gasteiger partial charge is 0.122 e. The van der Waals surface area contributed by atoms with E-state index in [1.807, 2.05) is 0 Å². The molecule has 1 aromatic carbocycles. The summed E-state index contributed by atoms with van der Waals surface area (Å²) in [5.74, 6) is 1.59. The Labute approximate surface area is 121 Å². The first-order valence-corrected chi connectivity index (χ1v) is 7.69. The van der Waals surface area contributed by atoms with E-state index in [1.54, 1.807) is 0 Å². The molecule has 104 valence electrons. The lowest BCUT2D eigenvalue weighted by molar-refractivity contribution is 0.288. The Morgan fingerprint density at radius 3 is 2.53 bits per heavy atom. The van der Waals surface area contributed by atoms with Crippen molar-refractivity contribution in [2.45, 2.75) is 45.9 Å². The number of fused-ring (bicyclic) bond motifs is 1. The minimum atomic E-state index is 0.109. The molecule has 1 unspecified atom stereocenters. The van der Waals surface area contributed by atoms with Gasteiger partial charge in [0, 0.05) is 0 Å². The molecule has 2 aliphatic rings. The zero-order chi connectivity index (χ0) is 13.8. The number of aryl methyl sites for hydroxylation is 1. The molecule has 1 aromatic rings. The van der Waals surface area contributed by atoms with Crippen LogP contribution in [0.15, 0.2) is 18.2 Å². The van der Waals surface area contributed by atoms with Gasteiger partial charge in [-0.05, 0) is 46.8 Å². The molecule has 3 rings (SSSR count). The third-order valence-corrected chi connectivity index (χ3v) is 6.18. The number of benzene rings is 1. The predicted molar refractivity (Wildman–Crippen MR) is 79.9 cm³/mol. The second-order valence-corrected chi connectivity index (χ2v) is 7.61. The van der Waals surface area contributed by atoms with Gasteiger partial charge in [0.1, 0.15) is 5.75 Å². The van der Waals surface area contributed by atoms with Crippen LogP contribution in [0, 0.1) is 16.7 Å². The number of hydrogen-bond acceptors (Lipinski definition) is 1. The van der Waals surface area contributed by atoms with Crippen LogP contribution in [-0.2, 0) is 6.42 Å². The van der Waals surface area contributed by atoms with Crippen molar-refractivity contribution in [1.29, 1.82) is 0 Å². The van der Waals surface area contributed by atoms with Crippen molar-refractivity contribution < 1.29 is 4.74 Å². The molecule has 1 aliphatic heterocycles. The second kappa shape index (κ2) is 4.15. The van der Waals surface area contributed by atoms with Gasteiger partial charge in [0.2, 0.25) is 0 Å². The third-order valence-electron chi connectivity index (χ3n) is 5.68. The highest BCUT2D eigenvalue weighted by Gasteiger charge is 2.67. The maximum atomic E-state index is 6.77. The normalized spacial score (nSPS) is 25.3. The van der Waals surface area contributed by atoms with Crippen LogP contribution < -0.4 is 4.74 Å². The summed E-state index contributed by atoms with van der Waals surface area (Å²) in [5.41, 5.74) is 3.23. The zero-order valence-electron chi connectivity index (χ0n) is 12.3. The molecule has 1 saturated carbocycles. The standard InChI is InChI=1S/C17H23ClO/c1-16(2)15(17(16,3)4)14(18)12-7-8-13-11(10-12)6-5-9-19-13/h7-8,10,14-15H,5-6,9H2,1-4H3. The Balaban J connectivity index is 1.87. The zero-order valence-corrected chi connectivity index (χ0v) is 13.1. The van der Waals surface area contributed by atoms with E-state index in [4.69, 9.17) is 16.3 Å². The maximum Gasteiger partial charge on any atom is 0.122 e. The van der Waals surface area contributed by atoms with E-state index in [2.05, 4.69) is 45.9 Å². The number of halogens is 1. The van der Waals surface area contributed by atoms with E-state index < -0.39 is 0 Å². The lowest BCUT2D eigenvalue weighted by atomic mass is 9.97. The van der Waals surface area contributed by atoms with Crippen molar-refractivity contribution in [3.05, 3.63) is 29.3 Å². The number of hydrogen-bond donors (Lipinski definition) is 0. The van der Waals surface area contributed by atoms with E-state index in [1.165, 1.54) is 11.1 Å². The first kappa shape index (κ1) is 13.3. The molecule has 1 heterocycles. The molecule has 1 aliphatic carbocycles. The van der Waals surface area contributed by atoms with E-state index in [0.717, 1.165) is 25.2 Å². The van der Waals surface area contributed by atoms with Gasteiger partial charge in [0.25, 0.3) is 0 Å². The van der Waals surface area contributed by atoms with E-state index >= 15 is 0 Å². The monoisotopic (exact) mass is 278 g/mol. The molecule has 0 amide bonds. The van der Waals surface area contributed by atoms with Crippen molar-refractivity contribution >= 4 is 11.6 Å². The fraction of sp³-hybridized carbons (Fsp3) is 0.647. The molecule has 1 nitrogen and oxygen atoms in total. The molecule has 0 spiro atoms. The van der Waals surface area contributed by atoms with Crippen LogP contribution in [0.3, 0.4) is 0 Å². The van der Waals surface area contributed by atoms with Crippen molar-refractivity contribution in [3.8, 4) is 5.75 Å². The lowest BCUT2D eigenvalue weighted by Crippen LogP contribution is -2.09. The van der Waals surface area contributed by atoms with Gasteiger partial charge >= 0.3 is 0 Å². The maximum absolute atomic E-state index is 6.77. The minimum Gasteiger partial charge on any atom is -0.493 e. The first-order valence-electron chi connectivity index (χ1n) is 7.25. The van der Waals surface area contributed by atoms with Crippen molar-refractivity contribution in [2.75, 3.05) is 6.61 Å². The predicted octanol–water partition coefficient (Wildman–Crippen LogP) is 4.97. The summed E-state index contributed by atoms with van der Waals surface area (Å²) in [6.07, 6.45) is 2.23. The molecular weight excluding hydrogens is 256 g/mol. The van der Waals surface area contributed by atoms with E-state index in [-0.39, 0.29) is 5.38 Å². The summed E-state index contributed by atoms with van der Waals surface area (Å²) in [7, 11) is 0. The molecule has 0 saturated heterocycles. The van der Waals surface area contributed by atoms with Gasteiger partial charge in [-0.2, -0.15) is 0 Å². The number of ether oxygens (including phenoxy) is 1. The Bertz CT molecular complexity index is 490. The Kier molecular flexibility index (Phi) is 2.91. The first-order chi connectivity index (χ1) is 8.85. The van der Waals surface area contributed by atoms with Gasteiger partial charge in [0.15, 0.2) is 0 Å². The van der Waals surface area contributed by atoms with Crippen molar-refractivity contribution in [1.82, 2.24) is 0 Å². The van der Waals surface area contributed by atoms with Crippen LogP contribution in [0.1, 0.15) is 50.6 Å². The third kappa shape index (κ3) is 1.89. The highest BCUT2D eigenvalue weighted by molar-refractivity contribution is 6.21. The fourth-order valence-corrected chi connectivity index (χ4v) is 4.49. The summed E-state index contributed by atoms with van der Waals surface area (Å²) < 4.78 is 5.67. The molecule has 0 radical (unpaired) electrons. The average Bonchev–Trinajstić information content (AvgIpc) is 2.78.